The molecule has 1 unspecified atom stereocenters. The fourth-order valence-corrected chi connectivity index (χ4v) is 6.35. The van der Waals surface area contributed by atoms with Crippen molar-refractivity contribution < 1.29 is 28.9 Å². The number of anilines is 1. The van der Waals surface area contributed by atoms with Crippen LogP contribution in [0.15, 0.2) is 60.2 Å². The van der Waals surface area contributed by atoms with Crippen molar-refractivity contribution >= 4 is 44.1 Å². The summed E-state index contributed by atoms with van der Waals surface area (Å²) in [6, 6.07) is 15.3. The predicted molar refractivity (Wildman–Crippen MR) is 170 cm³/mol. The number of carbonyl (C=O) groups is 2. The Labute approximate surface area is 255 Å². The monoisotopic (exact) mass is 600 g/mol. The van der Waals surface area contributed by atoms with E-state index in [1.807, 2.05) is 46.8 Å². The van der Waals surface area contributed by atoms with Gasteiger partial charge in [-0.3, -0.25) is 14.5 Å². The molecular weight excluding hydrogens is 564 g/mol. The highest BCUT2D eigenvalue weighted by Crippen LogP contribution is 2.46. The predicted octanol–water partition coefficient (Wildman–Crippen LogP) is 7.52. The molecule has 1 aliphatic rings. The third-order valence-corrected chi connectivity index (χ3v) is 8.12. The van der Waals surface area contributed by atoms with Crippen molar-refractivity contribution in [1.82, 2.24) is 4.98 Å². The van der Waals surface area contributed by atoms with Gasteiger partial charge in [0.2, 0.25) is 0 Å². The second-order valence-electron chi connectivity index (χ2n) is 10.5. The number of rotatable bonds is 11. The number of hydrogen-bond acceptors (Lipinski definition) is 8. The number of fused-ring (bicyclic) bond motifs is 1. The lowest BCUT2D eigenvalue weighted by atomic mass is 9.95. The second kappa shape index (κ2) is 12.9. The van der Waals surface area contributed by atoms with Crippen LogP contribution >= 0.6 is 11.3 Å². The summed E-state index contributed by atoms with van der Waals surface area (Å²) >= 11 is 1.34. The molecule has 1 atom stereocenters. The van der Waals surface area contributed by atoms with Crippen LogP contribution in [0.25, 0.3) is 16.0 Å². The standard InChI is InChI=1S/C34H36N2O6S/c1-6-15-41-24-12-9-22(10-13-24)31(37)28-30(23-11-14-25(42-16-7-2)26(19-23)40-8-3)36(33(39)32(28)38)34-35-29-21(5)17-20(4)18-27(29)43-34/h9-14,17-19,30,37H,6-8,15-16H2,1-5H3. The fraction of sp³-hybridized carbons (Fsp3) is 0.324. The largest absolute Gasteiger partial charge is 0.507 e. The SMILES string of the molecule is CCCOc1ccc(C(O)=C2C(=O)C(=O)N(c3nc4c(C)cc(C)cc4s3)C2c2ccc(OCCC)c(OCC)c2)cc1. The summed E-state index contributed by atoms with van der Waals surface area (Å²) in [4.78, 5) is 33.7. The molecule has 2 heterocycles. The van der Waals surface area contributed by atoms with Crippen LogP contribution in [0.1, 0.15) is 61.9 Å². The molecule has 9 heteroatoms. The van der Waals surface area contributed by atoms with Gasteiger partial charge in [0.25, 0.3) is 5.78 Å². The molecule has 1 aromatic heterocycles. The number of benzene rings is 3. The zero-order valence-electron chi connectivity index (χ0n) is 25.1. The van der Waals surface area contributed by atoms with Crippen molar-refractivity contribution in [3.05, 3.63) is 82.4 Å². The maximum atomic E-state index is 13.8. The van der Waals surface area contributed by atoms with Gasteiger partial charge in [0, 0.05) is 5.56 Å². The van der Waals surface area contributed by atoms with E-state index in [1.54, 1.807) is 42.5 Å². The third kappa shape index (κ3) is 5.95. The molecule has 5 rings (SSSR count). The van der Waals surface area contributed by atoms with Gasteiger partial charge >= 0.3 is 5.91 Å². The summed E-state index contributed by atoms with van der Waals surface area (Å²) in [5.74, 6) is -0.104. The van der Waals surface area contributed by atoms with E-state index in [-0.39, 0.29) is 11.3 Å². The fourth-order valence-electron chi connectivity index (χ4n) is 5.19. The number of aryl methyl sites for hydroxylation is 2. The molecule has 4 aromatic rings. The average Bonchev–Trinajstić information content (AvgIpc) is 3.53. The highest BCUT2D eigenvalue weighted by molar-refractivity contribution is 7.22. The van der Waals surface area contributed by atoms with E-state index in [0.29, 0.717) is 53.3 Å². The molecule has 1 aliphatic heterocycles. The molecular formula is C34H36N2O6S. The van der Waals surface area contributed by atoms with Gasteiger partial charge in [0.1, 0.15) is 11.5 Å². The maximum Gasteiger partial charge on any atom is 0.301 e. The van der Waals surface area contributed by atoms with Gasteiger partial charge in [-0.05, 0) is 92.8 Å². The van der Waals surface area contributed by atoms with Crippen molar-refractivity contribution in [1.29, 1.82) is 0 Å². The van der Waals surface area contributed by atoms with E-state index in [0.717, 1.165) is 34.2 Å². The van der Waals surface area contributed by atoms with Crippen LogP contribution in [-0.2, 0) is 9.59 Å². The first-order valence-corrected chi connectivity index (χ1v) is 15.4. The van der Waals surface area contributed by atoms with Crippen LogP contribution < -0.4 is 19.1 Å². The van der Waals surface area contributed by atoms with Crippen LogP contribution in [0.4, 0.5) is 5.13 Å². The van der Waals surface area contributed by atoms with E-state index >= 15 is 0 Å². The topological polar surface area (TPSA) is 98.2 Å². The quantitative estimate of drug-likeness (QED) is 0.108. The van der Waals surface area contributed by atoms with Crippen LogP contribution in [0.3, 0.4) is 0 Å². The number of ether oxygens (including phenoxy) is 3. The average molecular weight is 601 g/mol. The van der Waals surface area contributed by atoms with Crippen molar-refractivity contribution in [2.45, 2.75) is 53.5 Å². The lowest BCUT2D eigenvalue weighted by Crippen LogP contribution is -2.29. The van der Waals surface area contributed by atoms with Gasteiger partial charge in [-0.25, -0.2) is 4.98 Å². The van der Waals surface area contributed by atoms with E-state index in [4.69, 9.17) is 19.2 Å². The molecule has 0 aliphatic carbocycles. The normalized spacial score (nSPS) is 16.2. The van der Waals surface area contributed by atoms with Gasteiger partial charge in [-0.1, -0.05) is 37.3 Å². The smallest absolute Gasteiger partial charge is 0.301 e. The Morgan fingerprint density at radius 2 is 1.63 bits per heavy atom. The number of carbonyl (C=O) groups excluding carboxylic acids is 2. The Bertz CT molecular complexity index is 1690. The number of aliphatic hydroxyl groups is 1. The Hall–Kier alpha value is -4.37. The Morgan fingerprint density at radius 1 is 0.907 bits per heavy atom. The molecule has 0 radical (unpaired) electrons. The number of aliphatic hydroxyl groups excluding tert-OH is 1. The molecule has 0 saturated carbocycles. The number of Topliss-reactive ketones (excluding diaryl/α,β-unsaturated/α-hetero) is 1. The minimum Gasteiger partial charge on any atom is -0.507 e. The molecule has 224 valence electrons. The first-order valence-electron chi connectivity index (χ1n) is 14.6. The molecule has 1 amide bonds. The van der Waals surface area contributed by atoms with Crippen molar-refractivity contribution in [3.8, 4) is 17.2 Å². The number of hydrogen-bond donors (Lipinski definition) is 1. The molecule has 1 saturated heterocycles. The molecule has 43 heavy (non-hydrogen) atoms. The summed E-state index contributed by atoms with van der Waals surface area (Å²) in [7, 11) is 0. The lowest BCUT2D eigenvalue weighted by molar-refractivity contribution is -0.132. The Morgan fingerprint density at radius 3 is 2.33 bits per heavy atom. The van der Waals surface area contributed by atoms with E-state index < -0.39 is 17.7 Å². The third-order valence-electron chi connectivity index (χ3n) is 7.11. The van der Waals surface area contributed by atoms with Crippen LogP contribution in [0.5, 0.6) is 17.2 Å². The number of nitrogens with zero attached hydrogens (tertiary/aromatic N) is 2. The number of amides is 1. The minimum atomic E-state index is -0.947. The summed E-state index contributed by atoms with van der Waals surface area (Å²) in [6.45, 7) is 11.4. The number of aromatic nitrogens is 1. The zero-order valence-corrected chi connectivity index (χ0v) is 25.9. The van der Waals surface area contributed by atoms with Gasteiger partial charge in [0.05, 0.1) is 41.7 Å². The van der Waals surface area contributed by atoms with Gasteiger partial charge in [-0.2, -0.15) is 0 Å². The van der Waals surface area contributed by atoms with Crippen LogP contribution in [0, 0.1) is 13.8 Å². The molecule has 1 fully saturated rings. The Balaban J connectivity index is 1.68. The highest BCUT2D eigenvalue weighted by Gasteiger charge is 2.48. The van der Waals surface area contributed by atoms with Crippen molar-refractivity contribution in [2.75, 3.05) is 24.7 Å². The number of ketones is 1. The van der Waals surface area contributed by atoms with Gasteiger partial charge in [0.15, 0.2) is 16.6 Å². The summed E-state index contributed by atoms with van der Waals surface area (Å²) < 4.78 is 18.4. The minimum absolute atomic E-state index is 0.0240. The lowest BCUT2D eigenvalue weighted by Gasteiger charge is -2.24. The summed E-state index contributed by atoms with van der Waals surface area (Å²) in [5.41, 5.74) is 3.79. The number of thiazole rings is 1. The molecule has 1 N–H and O–H groups in total. The van der Waals surface area contributed by atoms with E-state index in [1.165, 1.54) is 16.2 Å². The first kappa shape index (κ1) is 30.1. The Kier molecular flexibility index (Phi) is 9.01. The molecule has 0 bridgehead atoms. The highest BCUT2D eigenvalue weighted by atomic mass is 32.1. The summed E-state index contributed by atoms with van der Waals surface area (Å²) in [6.07, 6.45) is 1.69. The summed E-state index contributed by atoms with van der Waals surface area (Å²) in [5, 5.41) is 12.0. The maximum absolute atomic E-state index is 13.8. The van der Waals surface area contributed by atoms with Crippen molar-refractivity contribution in [2.24, 2.45) is 0 Å². The molecule has 3 aromatic carbocycles. The van der Waals surface area contributed by atoms with Crippen LogP contribution in [-0.4, -0.2) is 41.6 Å². The van der Waals surface area contributed by atoms with Gasteiger partial charge < -0.3 is 19.3 Å². The van der Waals surface area contributed by atoms with E-state index in [2.05, 4.69) is 0 Å². The van der Waals surface area contributed by atoms with Gasteiger partial charge in [-0.15, -0.1) is 0 Å². The molecule has 8 nitrogen and oxygen atoms in total. The van der Waals surface area contributed by atoms with E-state index in [9.17, 15) is 14.7 Å². The molecule has 0 spiro atoms. The second-order valence-corrected chi connectivity index (χ2v) is 11.5. The first-order chi connectivity index (χ1) is 20.8. The van der Waals surface area contributed by atoms with Crippen LogP contribution in [0.2, 0.25) is 0 Å². The zero-order chi connectivity index (χ0) is 30.7. The van der Waals surface area contributed by atoms with Crippen molar-refractivity contribution in [3.63, 3.8) is 0 Å².